The standard InChI is InChI=1S/C22H26N2O4/c1-12(2)28-17-6-4-5-14(9-17)11-23-20(25)13(3)24-21(26)18-15-7-8-16(10-15)19(18)22(24)27/h4-9,12-13,15-16,18-19H,10-11H2,1-3H3,(H,23,25)/t13-,15-,16-,18-,19+/m0/s1. The van der Waals surface area contributed by atoms with Gasteiger partial charge in [-0.3, -0.25) is 19.3 Å². The molecule has 1 heterocycles. The summed E-state index contributed by atoms with van der Waals surface area (Å²) in [7, 11) is 0. The molecule has 1 aromatic rings. The maximum atomic E-state index is 12.8. The Balaban J connectivity index is 1.39. The molecular weight excluding hydrogens is 356 g/mol. The van der Waals surface area contributed by atoms with Crippen molar-refractivity contribution in [3.05, 3.63) is 42.0 Å². The highest BCUT2D eigenvalue weighted by atomic mass is 16.5. The van der Waals surface area contributed by atoms with Gasteiger partial charge in [-0.15, -0.1) is 0 Å². The van der Waals surface area contributed by atoms with E-state index in [2.05, 4.69) is 17.5 Å². The third-order valence-electron chi connectivity index (χ3n) is 6.01. The Morgan fingerprint density at radius 1 is 1.14 bits per heavy atom. The van der Waals surface area contributed by atoms with Crippen LogP contribution >= 0.6 is 0 Å². The highest BCUT2D eigenvalue weighted by Gasteiger charge is 2.60. The number of hydrogen-bond acceptors (Lipinski definition) is 4. The second kappa shape index (κ2) is 7.08. The molecule has 1 saturated carbocycles. The van der Waals surface area contributed by atoms with E-state index in [-0.39, 0.29) is 47.5 Å². The van der Waals surface area contributed by atoms with Crippen LogP contribution in [0.1, 0.15) is 32.8 Å². The van der Waals surface area contributed by atoms with Crippen molar-refractivity contribution in [1.82, 2.24) is 10.2 Å². The lowest BCUT2D eigenvalue weighted by atomic mass is 9.85. The second-order valence-electron chi connectivity index (χ2n) is 8.25. The van der Waals surface area contributed by atoms with Gasteiger partial charge in [0, 0.05) is 6.54 Å². The SMILES string of the molecule is CC(C)Oc1cccc(CNC(=O)[C@H](C)N2C(=O)[C@@H]3[C@H](C2=O)[C@H]2C=C[C@H]3C2)c1. The fourth-order valence-corrected chi connectivity index (χ4v) is 4.76. The maximum Gasteiger partial charge on any atom is 0.243 e. The van der Waals surface area contributed by atoms with Gasteiger partial charge in [-0.25, -0.2) is 0 Å². The van der Waals surface area contributed by atoms with Crippen molar-refractivity contribution in [3.8, 4) is 5.75 Å². The van der Waals surface area contributed by atoms with Crippen molar-refractivity contribution in [2.24, 2.45) is 23.7 Å². The molecule has 1 N–H and O–H groups in total. The van der Waals surface area contributed by atoms with E-state index in [4.69, 9.17) is 4.74 Å². The number of likely N-dealkylation sites (tertiary alicyclic amines) is 1. The maximum absolute atomic E-state index is 12.8. The summed E-state index contributed by atoms with van der Waals surface area (Å²) in [5.41, 5.74) is 0.900. The summed E-state index contributed by atoms with van der Waals surface area (Å²) in [5, 5.41) is 2.84. The number of carbonyl (C=O) groups is 3. The van der Waals surface area contributed by atoms with E-state index in [0.29, 0.717) is 6.54 Å². The van der Waals surface area contributed by atoms with Gasteiger partial charge in [0.25, 0.3) is 0 Å². The van der Waals surface area contributed by atoms with Crippen molar-refractivity contribution in [1.29, 1.82) is 0 Å². The molecule has 1 saturated heterocycles. The highest BCUT2D eigenvalue weighted by Crippen LogP contribution is 2.52. The summed E-state index contributed by atoms with van der Waals surface area (Å²) >= 11 is 0. The van der Waals surface area contributed by atoms with Gasteiger partial charge in [-0.2, -0.15) is 0 Å². The number of rotatable bonds is 6. The van der Waals surface area contributed by atoms with Gasteiger partial charge in [0.1, 0.15) is 11.8 Å². The Bertz CT molecular complexity index is 817. The van der Waals surface area contributed by atoms with Crippen LogP contribution < -0.4 is 10.1 Å². The summed E-state index contributed by atoms with van der Waals surface area (Å²) in [5.74, 6) is -0.215. The number of nitrogens with one attached hydrogen (secondary N) is 1. The van der Waals surface area contributed by atoms with Crippen molar-refractivity contribution < 1.29 is 19.1 Å². The first kappa shape index (κ1) is 18.7. The Morgan fingerprint density at radius 3 is 2.39 bits per heavy atom. The number of benzene rings is 1. The molecular formula is C22H26N2O4. The first-order chi connectivity index (χ1) is 13.4. The zero-order chi connectivity index (χ0) is 20.0. The quantitative estimate of drug-likeness (QED) is 0.605. The summed E-state index contributed by atoms with van der Waals surface area (Å²) in [6.45, 7) is 5.85. The van der Waals surface area contributed by atoms with Gasteiger partial charge in [0.05, 0.1) is 17.9 Å². The lowest BCUT2D eigenvalue weighted by molar-refractivity contribution is -0.148. The van der Waals surface area contributed by atoms with Crippen LogP contribution in [0, 0.1) is 23.7 Å². The monoisotopic (exact) mass is 382 g/mol. The first-order valence-electron chi connectivity index (χ1n) is 9.95. The molecule has 1 aliphatic heterocycles. The number of carbonyl (C=O) groups excluding carboxylic acids is 3. The van der Waals surface area contributed by atoms with Crippen molar-refractivity contribution in [2.75, 3.05) is 0 Å². The number of allylic oxidation sites excluding steroid dienone is 2. The van der Waals surface area contributed by atoms with Crippen LogP contribution in [0.2, 0.25) is 0 Å². The molecule has 0 spiro atoms. The van der Waals surface area contributed by atoms with Crippen LogP contribution in [0.15, 0.2) is 36.4 Å². The van der Waals surface area contributed by atoms with Gasteiger partial charge in [-0.1, -0.05) is 24.3 Å². The van der Waals surface area contributed by atoms with E-state index in [1.807, 2.05) is 38.1 Å². The summed E-state index contributed by atoms with van der Waals surface area (Å²) in [4.78, 5) is 39.5. The normalized spacial score (nSPS) is 28.8. The number of ether oxygens (including phenoxy) is 1. The van der Waals surface area contributed by atoms with E-state index in [9.17, 15) is 14.4 Å². The highest BCUT2D eigenvalue weighted by molar-refractivity contribution is 6.09. The zero-order valence-corrected chi connectivity index (χ0v) is 16.4. The summed E-state index contributed by atoms with van der Waals surface area (Å²) in [6.07, 6.45) is 5.06. The minimum absolute atomic E-state index is 0.0706. The second-order valence-corrected chi connectivity index (χ2v) is 8.25. The predicted molar refractivity (Wildman–Crippen MR) is 103 cm³/mol. The molecule has 3 amide bonds. The van der Waals surface area contributed by atoms with E-state index >= 15 is 0 Å². The van der Waals surface area contributed by atoms with Crippen molar-refractivity contribution in [2.45, 2.75) is 45.9 Å². The Morgan fingerprint density at radius 2 is 1.79 bits per heavy atom. The number of amides is 3. The molecule has 0 radical (unpaired) electrons. The lowest BCUT2D eigenvalue weighted by Crippen LogP contribution is -2.48. The van der Waals surface area contributed by atoms with Crippen LogP contribution in [-0.4, -0.2) is 34.8 Å². The van der Waals surface area contributed by atoms with Gasteiger partial charge in [0.2, 0.25) is 17.7 Å². The van der Waals surface area contributed by atoms with E-state index < -0.39 is 6.04 Å². The Hall–Kier alpha value is -2.63. The minimum Gasteiger partial charge on any atom is -0.491 e. The fourth-order valence-electron chi connectivity index (χ4n) is 4.76. The zero-order valence-electron chi connectivity index (χ0n) is 16.4. The number of fused-ring (bicyclic) bond motifs is 5. The molecule has 0 unspecified atom stereocenters. The van der Waals surface area contributed by atoms with E-state index in [1.165, 1.54) is 4.90 Å². The molecule has 6 nitrogen and oxygen atoms in total. The molecule has 4 rings (SSSR count). The predicted octanol–water partition coefficient (Wildman–Crippen LogP) is 2.29. The molecule has 2 bridgehead atoms. The van der Waals surface area contributed by atoms with Crippen molar-refractivity contribution >= 4 is 17.7 Å². The molecule has 0 aromatic heterocycles. The third-order valence-corrected chi connectivity index (χ3v) is 6.01. The molecule has 3 aliphatic rings. The molecule has 5 atom stereocenters. The molecule has 28 heavy (non-hydrogen) atoms. The minimum atomic E-state index is -0.805. The van der Waals surface area contributed by atoms with Crippen LogP contribution in [0.3, 0.4) is 0 Å². The van der Waals surface area contributed by atoms with Gasteiger partial charge in [-0.05, 0) is 56.7 Å². The molecule has 148 valence electrons. The van der Waals surface area contributed by atoms with Crippen LogP contribution in [0.25, 0.3) is 0 Å². The molecule has 6 heteroatoms. The van der Waals surface area contributed by atoms with E-state index in [0.717, 1.165) is 17.7 Å². The molecule has 1 aromatic carbocycles. The Kier molecular flexibility index (Phi) is 4.73. The fraction of sp³-hybridized carbons (Fsp3) is 0.500. The van der Waals surface area contributed by atoms with Crippen LogP contribution in [-0.2, 0) is 20.9 Å². The summed E-state index contributed by atoms with van der Waals surface area (Å²) in [6, 6.07) is 6.72. The van der Waals surface area contributed by atoms with E-state index in [1.54, 1.807) is 6.92 Å². The van der Waals surface area contributed by atoms with Gasteiger partial charge in [0.15, 0.2) is 0 Å². The third kappa shape index (κ3) is 3.11. The topological polar surface area (TPSA) is 75.7 Å². The van der Waals surface area contributed by atoms with Gasteiger partial charge >= 0.3 is 0 Å². The average molecular weight is 382 g/mol. The Labute approximate surface area is 164 Å². The lowest BCUT2D eigenvalue weighted by Gasteiger charge is -2.24. The number of hydrogen-bond donors (Lipinski definition) is 1. The molecule has 2 fully saturated rings. The van der Waals surface area contributed by atoms with Crippen LogP contribution in [0.5, 0.6) is 5.75 Å². The number of nitrogens with zero attached hydrogens (tertiary/aromatic N) is 1. The first-order valence-corrected chi connectivity index (χ1v) is 9.95. The molecule has 2 aliphatic carbocycles. The van der Waals surface area contributed by atoms with Gasteiger partial charge < -0.3 is 10.1 Å². The van der Waals surface area contributed by atoms with Crippen LogP contribution in [0.4, 0.5) is 0 Å². The smallest absolute Gasteiger partial charge is 0.243 e. The largest absolute Gasteiger partial charge is 0.491 e. The summed E-state index contributed by atoms with van der Waals surface area (Å²) < 4.78 is 5.67. The average Bonchev–Trinajstić information content (AvgIpc) is 3.33. The van der Waals surface area contributed by atoms with Crippen molar-refractivity contribution in [3.63, 3.8) is 0 Å². The number of imide groups is 1.